The van der Waals surface area contributed by atoms with Crippen LogP contribution in [0, 0.1) is 0 Å². The first-order chi connectivity index (χ1) is 14.8. The average molecular weight is 402 g/mol. The highest BCUT2D eigenvalue weighted by molar-refractivity contribution is 5.99. The largest absolute Gasteiger partial charge is 0.489 e. The van der Waals surface area contributed by atoms with Crippen molar-refractivity contribution in [2.75, 3.05) is 5.32 Å². The number of ether oxygens (including phenoxy) is 1. The summed E-state index contributed by atoms with van der Waals surface area (Å²) in [6.07, 6.45) is 7.43. The van der Waals surface area contributed by atoms with E-state index in [9.17, 15) is 4.79 Å². The van der Waals surface area contributed by atoms with E-state index in [2.05, 4.69) is 15.6 Å². The molecule has 1 heterocycles. The SMILES string of the molecule is O=C(NC1CCCCC1)c1cccnc1Nc1ccc(OCc2ccccc2)cc1. The fourth-order valence-electron chi connectivity index (χ4n) is 3.71. The second-order valence-electron chi connectivity index (χ2n) is 7.63. The Morgan fingerprint density at radius 1 is 0.933 bits per heavy atom. The average Bonchev–Trinajstić information content (AvgIpc) is 2.80. The van der Waals surface area contributed by atoms with Gasteiger partial charge in [0.15, 0.2) is 0 Å². The van der Waals surface area contributed by atoms with E-state index in [0.717, 1.165) is 29.8 Å². The zero-order chi connectivity index (χ0) is 20.6. The number of hydrogen-bond donors (Lipinski definition) is 2. The number of amides is 1. The van der Waals surface area contributed by atoms with Gasteiger partial charge in [0, 0.05) is 17.9 Å². The van der Waals surface area contributed by atoms with Crippen molar-refractivity contribution in [2.45, 2.75) is 44.8 Å². The lowest BCUT2D eigenvalue weighted by Crippen LogP contribution is -2.36. The van der Waals surface area contributed by atoms with Crippen molar-refractivity contribution in [3.05, 3.63) is 84.1 Å². The fourth-order valence-corrected chi connectivity index (χ4v) is 3.71. The van der Waals surface area contributed by atoms with Crippen LogP contribution in [0.1, 0.15) is 48.0 Å². The fraction of sp³-hybridized carbons (Fsp3) is 0.280. The number of carbonyl (C=O) groups is 1. The van der Waals surface area contributed by atoms with E-state index in [-0.39, 0.29) is 11.9 Å². The molecule has 0 spiro atoms. The highest BCUT2D eigenvalue weighted by Gasteiger charge is 2.19. The second-order valence-corrected chi connectivity index (χ2v) is 7.63. The van der Waals surface area contributed by atoms with Crippen LogP contribution in [-0.2, 0) is 6.61 Å². The normalized spacial score (nSPS) is 14.1. The minimum atomic E-state index is -0.0692. The Bertz CT molecular complexity index is 952. The number of aromatic nitrogens is 1. The minimum absolute atomic E-state index is 0.0692. The Hall–Kier alpha value is -3.34. The zero-order valence-corrected chi connectivity index (χ0v) is 17.0. The van der Waals surface area contributed by atoms with E-state index in [1.54, 1.807) is 12.3 Å². The van der Waals surface area contributed by atoms with Gasteiger partial charge in [0.05, 0.1) is 5.56 Å². The quantitative estimate of drug-likeness (QED) is 0.551. The standard InChI is InChI=1S/C25H27N3O2/c29-25(28-20-10-5-2-6-11-20)23-12-7-17-26-24(23)27-21-13-15-22(16-14-21)30-18-19-8-3-1-4-9-19/h1,3-4,7-9,12-17,20H,2,5-6,10-11,18H2,(H,26,27)(H,28,29). The molecule has 1 amide bonds. The molecule has 2 N–H and O–H groups in total. The molecule has 1 fully saturated rings. The predicted molar refractivity (Wildman–Crippen MR) is 119 cm³/mol. The second kappa shape index (κ2) is 9.92. The van der Waals surface area contributed by atoms with Gasteiger partial charge in [0.25, 0.3) is 5.91 Å². The Morgan fingerprint density at radius 2 is 1.70 bits per heavy atom. The molecule has 1 aliphatic rings. The molecule has 30 heavy (non-hydrogen) atoms. The molecule has 1 aromatic heterocycles. The Balaban J connectivity index is 1.38. The number of pyridine rings is 1. The summed E-state index contributed by atoms with van der Waals surface area (Å²) in [6.45, 7) is 0.527. The number of anilines is 2. The number of nitrogens with zero attached hydrogens (tertiary/aromatic N) is 1. The van der Waals surface area contributed by atoms with E-state index in [0.29, 0.717) is 18.0 Å². The summed E-state index contributed by atoms with van der Waals surface area (Å²) in [7, 11) is 0. The molecule has 4 rings (SSSR count). The van der Waals surface area contributed by atoms with Gasteiger partial charge in [-0.1, -0.05) is 49.6 Å². The van der Waals surface area contributed by atoms with Crippen molar-refractivity contribution in [2.24, 2.45) is 0 Å². The van der Waals surface area contributed by atoms with Crippen molar-refractivity contribution in [1.82, 2.24) is 10.3 Å². The maximum atomic E-state index is 12.8. The molecule has 0 radical (unpaired) electrons. The monoisotopic (exact) mass is 401 g/mol. The van der Waals surface area contributed by atoms with Crippen molar-refractivity contribution in [1.29, 1.82) is 0 Å². The van der Waals surface area contributed by atoms with Gasteiger partial charge in [-0.15, -0.1) is 0 Å². The highest BCUT2D eigenvalue weighted by Crippen LogP contribution is 2.23. The third-order valence-corrected chi connectivity index (χ3v) is 5.36. The smallest absolute Gasteiger partial charge is 0.255 e. The van der Waals surface area contributed by atoms with Gasteiger partial charge in [-0.25, -0.2) is 4.98 Å². The van der Waals surface area contributed by atoms with Crippen molar-refractivity contribution < 1.29 is 9.53 Å². The summed E-state index contributed by atoms with van der Waals surface area (Å²) < 4.78 is 5.84. The topological polar surface area (TPSA) is 63.2 Å². The van der Waals surface area contributed by atoms with Gasteiger partial charge in [0.1, 0.15) is 18.2 Å². The molecule has 1 aliphatic carbocycles. The first-order valence-electron chi connectivity index (χ1n) is 10.6. The van der Waals surface area contributed by atoms with Gasteiger partial charge >= 0.3 is 0 Å². The van der Waals surface area contributed by atoms with Crippen LogP contribution in [0.4, 0.5) is 11.5 Å². The molecule has 0 aliphatic heterocycles. The zero-order valence-electron chi connectivity index (χ0n) is 17.0. The Kier molecular flexibility index (Phi) is 6.60. The van der Waals surface area contributed by atoms with Gasteiger partial charge < -0.3 is 15.4 Å². The molecule has 0 unspecified atom stereocenters. The minimum Gasteiger partial charge on any atom is -0.489 e. The van der Waals surface area contributed by atoms with Crippen LogP contribution in [0.5, 0.6) is 5.75 Å². The van der Waals surface area contributed by atoms with Crippen LogP contribution in [0.25, 0.3) is 0 Å². The van der Waals surface area contributed by atoms with E-state index < -0.39 is 0 Å². The van der Waals surface area contributed by atoms with Gasteiger partial charge in [0.2, 0.25) is 0 Å². The molecule has 5 heteroatoms. The lowest BCUT2D eigenvalue weighted by Gasteiger charge is -2.23. The van der Waals surface area contributed by atoms with E-state index in [1.807, 2.05) is 60.7 Å². The number of rotatable bonds is 7. The highest BCUT2D eigenvalue weighted by atomic mass is 16.5. The molecule has 3 aromatic rings. The molecular formula is C25H27N3O2. The first kappa shape index (κ1) is 20.0. The van der Waals surface area contributed by atoms with Crippen LogP contribution >= 0.6 is 0 Å². The third-order valence-electron chi connectivity index (χ3n) is 5.36. The van der Waals surface area contributed by atoms with Gasteiger partial charge in [-0.3, -0.25) is 4.79 Å². The number of carbonyl (C=O) groups excluding carboxylic acids is 1. The van der Waals surface area contributed by atoms with Crippen LogP contribution in [0.2, 0.25) is 0 Å². The summed E-state index contributed by atoms with van der Waals surface area (Å²) in [5.74, 6) is 1.28. The number of benzene rings is 2. The molecule has 154 valence electrons. The Labute approximate surface area is 177 Å². The van der Waals surface area contributed by atoms with Crippen LogP contribution in [0.3, 0.4) is 0 Å². The predicted octanol–water partition coefficient (Wildman–Crippen LogP) is 5.47. The number of hydrogen-bond acceptors (Lipinski definition) is 4. The summed E-state index contributed by atoms with van der Waals surface area (Å²) in [5, 5.41) is 6.43. The van der Waals surface area contributed by atoms with Crippen molar-refractivity contribution >= 4 is 17.4 Å². The molecule has 0 atom stereocenters. The lowest BCUT2D eigenvalue weighted by molar-refractivity contribution is 0.0928. The molecule has 1 saturated carbocycles. The maximum Gasteiger partial charge on any atom is 0.255 e. The molecule has 0 bridgehead atoms. The maximum absolute atomic E-state index is 12.8. The summed E-state index contributed by atoms with van der Waals surface area (Å²) in [4.78, 5) is 17.2. The lowest BCUT2D eigenvalue weighted by atomic mass is 9.95. The van der Waals surface area contributed by atoms with Crippen LogP contribution < -0.4 is 15.4 Å². The Morgan fingerprint density at radius 3 is 2.47 bits per heavy atom. The van der Waals surface area contributed by atoms with E-state index in [4.69, 9.17) is 4.74 Å². The first-order valence-corrected chi connectivity index (χ1v) is 10.6. The third kappa shape index (κ3) is 5.38. The molecule has 0 saturated heterocycles. The summed E-state index contributed by atoms with van der Waals surface area (Å²) in [5.41, 5.74) is 2.54. The van der Waals surface area contributed by atoms with Gasteiger partial charge in [-0.05, 0) is 54.8 Å². The van der Waals surface area contributed by atoms with E-state index >= 15 is 0 Å². The number of nitrogens with one attached hydrogen (secondary N) is 2. The molecule has 5 nitrogen and oxygen atoms in total. The van der Waals surface area contributed by atoms with E-state index in [1.165, 1.54) is 19.3 Å². The molecule has 2 aromatic carbocycles. The summed E-state index contributed by atoms with van der Waals surface area (Å²) in [6, 6.07) is 21.6. The van der Waals surface area contributed by atoms with Gasteiger partial charge in [-0.2, -0.15) is 0 Å². The van der Waals surface area contributed by atoms with Crippen LogP contribution in [0.15, 0.2) is 72.9 Å². The summed E-state index contributed by atoms with van der Waals surface area (Å²) >= 11 is 0. The molecular weight excluding hydrogens is 374 g/mol. The van der Waals surface area contributed by atoms with Crippen molar-refractivity contribution in [3.8, 4) is 5.75 Å². The van der Waals surface area contributed by atoms with Crippen molar-refractivity contribution in [3.63, 3.8) is 0 Å². The van der Waals surface area contributed by atoms with Crippen LogP contribution in [-0.4, -0.2) is 16.9 Å².